The van der Waals surface area contributed by atoms with Gasteiger partial charge in [0.1, 0.15) is 0 Å². The summed E-state index contributed by atoms with van der Waals surface area (Å²) in [6.45, 7) is 17.1. The molecular weight excluding hydrogens is 384 g/mol. The molecule has 9 heteroatoms. The van der Waals surface area contributed by atoms with E-state index < -0.39 is 31.8 Å². The summed E-state index contributed by atoms with van der Waals surface area (Å²) < 4.78 is 38.5. The maximum absolute atomic E-state index is 6.87. The first-order valence-corrected chi connectivity index (χ1v) is 16.2. The van der Waals surface area contributed by atoms with Crippen molar-refractivity contribution in [3.63, 3.8) is 0 Å². The van der Waals surface area contributed by atoms with Crippen LogP contribution < -0.4 is 0 Å². The molecule has 0 bridgehead atoms. The highest BCUT2D eigenvalue weighted by molar-refractivity contribution is 6.86. The Labute approximate surface area is 162 Å². The Morgan fingerprint density at radius 1 is 0.846 bits per heavy atom. The first-order chi connectivity index (χ1) is 11.8. The van der Waals surface area contributed by atoms with Crippen LogP contribution >= 0.6 is 0 Å². The van der Waals surface area contributed by atoms with Crippen LogP contribution in [0.3, 0.4) is 0 Å². The molecule has 0 spiro atoms. The quantitative estimate of drug-likeness (QED) is 0.610. The van der Waals surface area contributed by atoms with Gasteiger partial charge in [-0.05, 0) is 39.2 Å². The van der Waals surface area contributed by atoms with Gasteiger partial charge >= 0.3 is 26.2 Å². The second kappa shape index (κ2) is 7.03. The second-order valence-corrected chi connectivity index (χ2v) is 18.2. The van der Waals surface area contributed by atoms with Gasteiger partial charge in [-0.15, -0.1) is 0 Å². The molecular formula is C17H38O6Si3. The van der Waals surface area contributed by atoms with Gasteiger partial charge < -0.3 is 25.9 Å². The fourth-order valence-corrected chi connectivity index (χ4v) is 19.0. The van der Waals surface area contributed by atoms with E-state index in [4.69, 9.17) is 25.9 Å². The van der Waals surface area contributed by atoms with Crippen LogP contribution in [0.25, 0.3) is 0 Å². The van der Waals surface area contributed by atoms with Crippen LogP contribution in [0.5, 0.6) is 0 Å². The molecule has 2 saturated heterocycles. The zero-order chi connectivity index (χ0) is 20.1. The number of hydrogen-bond acceptors (Lipinski definition) is 6. The monoisotopic (exact) mass is 422 g/mol. The van der Waals surface area contributed by atoms with Crippen LogP contribution in [0, 0.1) is 0 Å². The summed E-state index contributed by atoms with van der Waals surface area (Å²) in [5.74, 6) is 0. The van der Waals surface area contributed by atoms with Crippen LogP contribution in [-0.2, 0) is 25.9 Å². The lowest BCUT2D eigenvalue weighted by Crippen LogP contribution is -2.74. The summed E-state index contributed by atoms with van der Waals surface area (Å²) in [7, 11) is -5.12. The minimum atomic E-state index is -2.87. The third-order valence-corrected chi connectivity index (χ3v) is 19.0. The third-order valence-electron chi connectivity index (χ3n) is 6.91. The lowest BCUT2D eigenvalue weighted by molar-refractivity contribution is -0.0782. The van der Waals surface area contributed by atoms with Crippen LogP contribution in [0.4, 0.5) is 0 Å². The van der Waals surface area contributed by atoms with Crippen molar-refractivity contribution in [2.24, 2.45) is 0 Å². The van der Waals surface area contributed by atoms with E-state index in [0.29, 0.717) is 0 Å². The Bertz CT molecular complexity index is 541. The Morgan fingerprint density at radius 3 is 1.73 bits per heavy atom. The average Bonchev–Trinajstić information content (AvgIpc) is 2.67. The van der Waals surface area contributed by atoms with Crippen LogP contribution in [0.1, 0.15) is 60.8 Å². The maximum Gasteiger partial charge on any atom is 0.488 e. The molecule has 0 aromatic rings. The van der Waals surface area contributed by atoms with Gasteiger partial charge in [0.05, 0.1) is 11.2 Å². The number of rotatable bonds is 5. The molecule has 0 aromatic carbocycles. The molecule has 0 aromatic heterocycles. The number of hydrogen-bond donors (Lipinski definition) is 0. The molecule has 6 nitrogen and oxygen atoms in total. The molecule has 2 heterocycles. The van der Waals surface area contributed by atoms with Crippen LogP contribution in [0.15, 0.2) is 0 Å². The molecule has 6 atom stereocenters. The Kier molecular flexibility index (Phi) is 6.14. The Hall–Kier alpha value is 0.411. The highest BCUT2D eigenvalue weighted by atomic mass is 28.5. The molecule has 2 fully saturated rings. The molecule has 0 N–H and O–H groups in total. The van der Waals surface area contributed by atoms with Crippen molar-refractivity contribution in [1.29, 1.82) is 0 Å². The van der Waals surface area contributed by atoms with Crippen LogP contribution in [-0.4, -0.2) is 51.6 Å². The highest BCUT2D eigenvalue weighted by Crippen LogP contribution is 2.64. The standard InChI is InChI=1S/C17H38O6Si3/c1-11-15(4)14-17(6)16(5,12-2)21-25(10,19-8)23-26(17,13-3)22-24(9,18-7)20-15/h11-14H2,1-10H3. The van der Waals surface area contributed by atoms with Gasteiger partial charge in [-0.2, -0.15) is 0 Å². The summed E-state index contributed by atoms with van der Waals surface area (Å²) in [6, 6.07) is 0.809. The van der Waals surface area contributed by atoms with Crippen molar-refractivity contribution in [2.75, 3.05) is 14.2 Å². The van der Waals surface area contributed by atoms with E-state index in [1.807, 2.05) is 13.1 Å². The first kappa shape index (κ1) is 22.7. The highest BCUT2D eigenvalue weighted by Gasteiger charge is 2.75. The van der Waals surface area contributed by atoms with E-state index in [-0.39, 0.29) is 10.6 Å². The van der Waals surface area contributed by atoms with Gasteiger partial charge in [0.2, 0.25) is 0 Å². The van der Waals surface area contributed by atoms with Gasteiger partial charge in [0.15, 0.2) is 0 Å². The summed E-state index contributed by atoms with van der Waals surface area (Å²) in [5.41, 5.74) is -0.751. The lowest BCUT2D eigenvalue weighted by Gasteiger charge is -2.61. The predicted molar refractivity (Wildman–Crippen MR) is 108 cm³/mol. The van der Waals surface area contributed by atoms with Crippen molar-refractivity contribution in [2.45, 2.75) is 96.2 Å². The molecule has 0 radical (unpaired) electrons. The smallest absolute Gasteiger partial charge is 0.393 e. The van der Waals surface area contributed by atoms with E-state index in [1.54, 1.807) is 14.2 Å². The van der Waals surface area contributed by atoms with Gasteiger partial charge in [-0.25, -0.2) is 0 Å². The molecule has 26 heavy (non-hydrogen) atoms. The van der Waals surface area contributed by atoms with Gasteiger partial charge in [0, 0.05) is 32.4 Å². The fourth-order valence-electron chi connectivity index (χ4n) is 4.73. The second-order valence-electron chi connectivity index (χ2n) is 8.54. The third kappa shape index (κ3) is 3.33. The number of fused-ring (bicyclic) bond motifs is 1. The topological polar surface area (TPSA) is 55.4 Å². The van der Waals surface area contributed by atoms with Gasteiger partial charge in [0.25, 0.3) is 0 Å². The minimum Gasteiger partial charge on any atom is -0.393 e. The van der Waals surface area contributed by atoms with E-state index in [0.717, 1.165) is 25.3 Å². The molecule has 6 unspecified atom stereocenters. The maximum atomic E-state index is 6.87. The van der Waals surface area contributed by atoms with E-state index in [1.165, 1.54) is 0 Å². The van der Waals surface area contributed by atoms with E-state index in [2.05, 4.69) is 41.5 Å². The van der Waals surface area contributed by atoms with Crippen molar-refractivity contribution in [3.8, 4) is 0 Å². The first-order valence-electron chi connectivity index (χ1n) is 9.75. The van der Waals surface area contributed by atoms with E-state index >= 15 is 0 Å². The molecule has 0 amide bonds. The summed E-state index contributed by atoms with van der Waals surface area (Å²) in [4.78, 5) is 0. The average molecular weight is 423 g/mol. The summed E-state index contributed by atoms with van der Waals surface area (Å²) in [6.07, 6.45) is 2.56. The molecule has 0 saturated carbocycles. The Balaban J connectivity index is 2.73. The normalized spacial score (nSPS) is 52.4. The van der Waals surface area contributed by atoms with Crippen molar-refractivity contribution >= 4 is 26.2 Å². The molecule has 2 rings (SSSR count). The van der Waals surface area contributed by atoms with Gasteiger partial charge in [-0.3, -0.25) is 0 Å². The Morgan fingerprint density at radius 2 is 1.35 bits per heavy atom. The predicted octanol–water partition coefficient (Wildman–Crippen LogP) is 4.46. The molecule has 2 aliphatic heterocycles. The SMILES string of the molecule is CCC1(C)CC2(C)C(C)(CC)O[Si](C)(OC)O[Si]2(CC)O[Si](C)(OC)O1. The molecule has 0 aliphatic carbocycles. The summed E-state index contributed by atoms with van der Waals surface area (Å²) in [5, 5.41) is -0.289. The molecule has 154 valence electrons. The largest absolute Gasteiger partial charge is 0.488 e. The lowest BCUT2D eigenvalue weighted by atomic mass is 9.78. The van der Waals surface area contributed by atoms with E-state index in [9.17, 15) is 0 Å². The zero-order valence-electron chi connectivity index (χ0n) is 18.3. The van der Waals surface area contributed by atoms with Gasteiger partial charge in [-0.1, -0.05) is 27.7 Å². The minimum absolute atomic E-state index is 0.289. The van der Waals surface area contributed by atoms with Crippen molar-refractivity contribution in [1.82, 2.24) is 0 Å². The fraction of sp³-hybridized carbons (Fsp3) is 1.00. The van der Waals surface area contributed by atoms with Crippen molar-refractivity contribution in [3.05, 3.63) is 0 Å². The van der Waals surface area contributed by atoms with Crippen LogP contribution in [0.2, 0.25) is 24.2 Å². The summed E-state index contributed by atoms with van der Waals surface area (Å²) >= 11 is 0. The molecule has 2 aliphatic rings. The zero-order valence-corrected chi connectivity index (χ0v) is 21.3. The van der Waals surface area contributed by atoms with Crippen molar-refractivity contribution < 1.29 is 25.9 Å².